The van der Waals surface area contributed by atoms with Crippen molar-refractivity contribution in [2.45, 2.75) is 65.2 Å². The Hall–Kier alpha value is -0.790. The van der Waals surface area contributed by atoms with Crippen LogP contribution < -0.4 is 0 Å². The second-order valence-electron chi connectivity index (χ2n) is 5.60. The molecule has 0 radical (unpaired) electrons. The topological polar surface area (TPSA) is 28.7 Å². The number of rotatable bonds is 4. The van der Waals surface area contributed by atoms with Crippen LogP contribution in [0.3, 0.4) is 0 Å². The van der Waals surface area contributed by atoms with E-state index < -0.39 is 0 Å². The molecule has 0 aromatic carbocycles. The van der Waals surface area contributed by atoms with Crippen LogP contribution in [0.4, 0.5) is 0 Å². The SMILES string of the molecule is CCC(C)(C)c1nc[nH]c1C(C)(C)CC. The van der Waals surface area contributed by atoms with Crippen LogP contribution in [-0.2, 0) is 10.8 Å². The van der Waals surface area contributed by atoms with Gasteiger partial charge in [-0.1, -0.05) is 41.5 Å². The molecular weight excluding hydrogens is 184 g/mol. The molecule has 0 unspecified atom stereocenters. The van der Waals surface area contributed by atoms with Crippen LogP contribution in [0.25, 0.3) is 0 Å². The van der Waals surface area contributed by atoms with Crippen molar-refractivity contribution < 1.29 is 0 Å². The van der Waals surface area contributed by atoms with Gasteiger partial charge < -0.3 is 4.98 Å². The quantitative estimate of drug-likeness (QED) is 0.801. The molecule has 0 aliphatic heterocycles. The summed E-state index contributed by atoms with van der Waals surface area (Å²) in [5.41, 5.74) is 2.90. The van der Waals surface area contributed by atoms with Gasteiger partial charge in [0.15, 0.2) is 0 Å². The van der Waals surface area contributed by atoms with Gasteiger partial charge in [-0.3, -0.25) is 0 Å². The molecule has 0 atom stereocenters. The third kappa shape index (κ3) is 2.24. The summed E-state index contributed by atoms with van der Waals surface area (Å²) in [6.07, 6.45) is 4.08. The maximum absolute atomic E-state index is 4.52. The fourth-order valence-electron chi connectivity index (χ4n) is 1.67. The Labute approximate surface area is 93.5 Å². The predicted octanol–water partition coefficient (Wildman–Crippen LogP) is 3.78. The summed E-state index contributed by atoms with van der Waals surface area (Å²) in [7, 11) is 0. The molecular formula is C13H24N2. The van der Waals surface area contributed by atoms with E-state index in [9.17, 15) is 0 Å². The van der Waals surface area contributed by atoms with Crippen molar-refractivity contribution in [3.8, 4) is 0 Å². The molecule has 1 N–H and O–H groups in total. The van der Waals surface area contributed by atoms with Crippen LogP contribution in [0.1, 0.15) is 65.8 Å². The Kier molecular flexibility index (Phi) is 3.27. The van der Waals surface area contributed by atoms with Crippen molar-refractivity contribution in [3.63, 3.8) is 0 Å². The normalized spacial score (nSPS) is 13.2. The van der Waals surface area contributed by atoms with Crippen LogP contribution in [0, 0.1) is 0 Å². The molecule has 86 valence electrons. The molecule has 0 saturated heterocycles. The molecule has 0 saturated carbocycles. The number of nitrogens with one attached hydrogen (secondary N) is 1. The van der Waals surface area contributed by atoms with E-state index in [0.717, 1.165) is 12.8 Å². The fraction of sp³-hybridized carbons (Fsp3) is 0.769. The average Bonchev–Trinajstić information content (AvgIpc) is 2.67. The number of aromatic amines is 1. The average molecular weight is 208 g/mol. The van der Waals surface area contributed by atoms with Crippen molar-refractivity contribution in [2.75, 3.05) is 0 Å². The Morgan fingerprint density at radius 1 is 1.07 bits per heavy atom. The van der Waals surface area contributed by atoms with Gasteiger partial charge in [0.1, 0.15) is 0 Å². The molecule has 1 rings (SSSR count). The van der Waals surface area contributed by atoms with Gasteiger partial charge in [-0.05, 0) is 12.8 Å². The lowest BCUT2D eigenvalue weighted by Gasteiger charge is -2.29. The van der Waals surface area contributed by atoms with E-state index in [1.54, 1.807) is 0 Å². The zero-order chi connectivity index (χ0) is 11.7. The summed E-state index contributed by atoms with van der Waals surface area (Å²) in [5, 5.41) is 0. The number of hydrogen-bond donors (Lipinski definition) is 1. The first-order valence-electron chi connectivity index (χ1n) is 5.89. The van der Waals surface area contributed by atoms with Gasteiger partial charge in [0.2, 0.25) is 0 Å². The number of aromatic nitrogens is 2. The second kappa shape index (κ2) is 3.99. The maximum atomic E-state index is 4.52. The van der Waals surface area contributed by atoms with E-state index >= 15 is 0 Å². The summed E-state index contributed by atoms with van der Waals surface area (Å²) in [6.45, 7) is 13.5. The number of H-pyrrole nitrogens is 1. The third-order valence-electron chi connectivity index (χ3n) is 3.72. The number of imidazole rings is 1. The third-order valence-corrected chi connectivity index (χ3v) is 3.72. The standard InChI is InChI=1S/C13H24N2/c1-7-12(3,4)10-11(15-9-14-10)13(5,6)8-2/h9H,7-8H2,1-6H3,(H,14,15). The van der Waals surface area contributed by atoms with Crippen LogP contribution in [0.5, 0.6) is 0 Å². The lowest BCUT2D eigenvalue weighted by atomic mass is 9.77. The Bertz CT molecular complexity index is 291. The summed E-state index contributed by atoms with van der Waals surface area (Å²) >= 11 is 0. The first kappa shape index (κ1) is 12.3. The van der Waals surface area contributed by atoms with Gasteiger partial charge in [-0.15, -0.1) is 0 Å². The minimum atomic E-state index is 0.168. The first-order valence-corrected chi connectivity index (χ1v) is 5.89. The molecule has 0 aliphatic carbocycles. The highest BCUT2D eigenvalue weighted by atomic mass is 14.9. The molecule has 0 fully saturated rings. The molecule has 1 aromatic rings. The van der Waals surface area contributed by atoms with E-state index in [1.165, 1.54) is 11.4 Å². The van der Waals surface area contributed by atoms with Gasteiger partial charge in [-0.25, -0.2) is 4.98 Å². The van der Waals surface area contributed by atoms with Crippen LogP contribution >= 0.6 is 0 Å². The molecule has 0 amide bonds. The molecule has 2 nitrogen and oxygen atoms in total. The van der Waals surface area contributed by atoms with Crippen LogP contribution in [-0.4, -0.2) is 9.97 Å². The highest BCUT2D eigenvalue weighted by molar-refractivity contribution is 5.26. The van der Waals surface area contributed by atoms with E-state index in [4.69, 9.17) is 0 Å². The Balaban J connectivity index is 3.18. The van der Waals surface area contributed by atoms with E-state index in [1.807, 2.05) is 6.33 Å². The molecule has 0 bridgehead atoms. The van der Waals surface area contributed by atoms with Gasteiger partial charge in [0.05, 0.1) is 12.0 Å². The van der Waals surface area contributed by atoms with Gasteiger partial charge in [-0.2, -0.15) is 0 Å². The molecule has 0 spiro atoms. The number of hydrogen-bond acceptors (Lipinski definition) is 1. The van der Waals surface area contributed by atoms with Gasteiger partial charge in [0.25, 0.3) is 0 Å². The van der Waals surface area contributed by atoms with Crippen molar-refractivity contribution in [2.24, 2.45) is 0 Å². The van der Waals surface area contributed by atoms with E-state index in [2.05, 4.69) is 51.5 Å². The number of nitrogens with zero attached hydrogens (tertiary/aromatic N) is 1. The second-order valence-corrected chi connectivity index (χ2v) is 5.60. The summed E-state index contributed by atoms with van der Waals surface area (Å²) in [5.74, 6) is 0. The van der Waals surface area contributed by atoms with Crippen molar-refractivity contribution in [1.29, 1.82) is 0 Å². The summed E-state index contributed by atoms with van der Waals surface area (Å²) in [6, 6.07) is 0. The van der Waals surface area contributed by atoms with Gasteiger partial charge >= 0.3 is 0 Å². The lowest BCUT2D eigenvalue weighted by Crippen LogP contribution is -2.25. The Morgan fingerprint density at radius 3 is 2.07 bits per heavy atom. The highest BCUT2D eigenvalue weighted by Gasteiger charge is 2.31. The maximum Gasteiger partial charge on any atom is 0.0925 e. The molecule has 0 aliphatic rings. The largest absolute Gasteiger partial charge is 0.348 e. The zero-order valence-corrected chi connectivity index (χ0v) is 10.9. The van der Waals surface area contributed by atoms with E-state index in [0.29, 0.717) is 0 Å². The monoisotopic (exact) mass is 208 g/mol. The Morgan fingerprint density at radius 2 is 1.60 bits per heavy atom. The fourth-order valence-corrected chi connectivity index (χ4v) is 1.67. The van der Waals surface area contributed by atoms with E-state index in [-0.39, 0.29) is 10.8 Å². The predicted molar refractivity (Wildman–Crippen MR) is 65.2 cm³/mol. The van der Waals surface area contributed by atoms with Crippen molar-refractivity contribution in [1.82, 2.24) is 9.97 Å². The van der Waals surface area contributed by atoms with Crippen LogP contribution in [0.15, 0.2) is 6.33 Å². The molecule has 2 heteroatoms. The van der Waals surface area contributed by atoms with Gasteiger partial charge in [0, 0.05) is 16.5 Å². The zero-order valence-electron chi connectivity index (χ0n) is 10.9. The molecule has 1 aromatic heterocycles. The van der Waals surface area contributed by atoms with Crippen molar-refractivity contribution in [3.05, 3.63) is 17.7 Å². The van der Waals surface area contributed by atoms with Crippen molar-refractivity contribution >= 4 is 0 Å². The molecule has 15 heavy (non-hydrogen) atoms. The smallest absolute Gasteiger partial charge is 0.0925 e. The molecule has 1 heterocycles. The summed E-state index contributed by atoms with van der Waals surface area (Å²) < 4.78 is 0. The van der Waals surface area contributed by atoms with Crippen LogP contribution in [0.2, 0.25) is 0 Å². The first-order chi connectivity index (χ1) is 6.85. The lowest BCUT2D eigenvalue weighted by molar-refractivity contribution is 0.441. The minimum absolute atomic E-state index is 0.168. The summed E-state index contributed by atoms with van der Waals surface area (Å²) in [4.78, 5) is 7.84. The highest BCUT2D eigenvalue weighted by Crippen LogP contribution is 2.35. The minimum Gasteiger partial charge on any atom is -0.348 e.